The Balaban J connectivity index is 4.35. The number of rotatable bonds is 6. The second-order valence-corrected chi connectivity index (χ2v) is 3.50. The Morgan fingerprint density at radius 3 is 2.18 bits per heavy atom. The molecule has 0 aromatic heterocycles. The van der Waals surface area contributed by atoms with Crippen molar-refractivity contribution in [2.75, 3.05) is 33.2 Å². The van der Waals surface area contributed by atoms with Crippen LogP contribution in [-0.4, -0.2) is 66.0 Å². The summed E-state index contributed by atoms with van der Waals surface area (Å²) in [7, 11) is 1.46. The molecule has 2 N–H and O–H groups in total. The molecule has 3 amide bonds. The lowest BCUT2D eigenvalue weighted by Gasteiger charge is -2.25. The molecule has 0 rings (SSSR count). The van der Waals surface area contributed by atoms with Crippen LogP contribution in [0, 0.1) is 0 Å². The molecule has 0 spiro atoms. The average Bonchev–Trinajstić information content (AvgIpc) is 2.24. The molecular formula is C10H19N3O4. The van der Waals surface area contributed by atoms with Crippen molar-refractivity contribution in [3.8, 4) is 0 Å². The number of carbonyl (C=O) groups is 3. The number of hydrogen-bond acceptors (Lipinski definition) is 3. The summed E-state index contributed by atoms with van der Waals surface area (Å²) in [5.41, 5.74) is 0. The fourth-order valence-electron chi connectivity index (χ4n) is 1.26. The Hall–Kier alpha value is -1.79. The Bertz CT molecular complexity index is 293. The highest BCUT2D eigenvalue weighted by molar-refractivity contribution is 5.85. The van der Waals surface area contributed by atoms with Gasteiger partial charge in [-0.3, -0.25) is 9.59 Å². The number of carboxylic acids is 1. The highest BCUT2D eigenvalue weighted by Gasteiger charge is 2.20. The van der Waals surface area contributed by atoms with Gasteiger partial charge in [0, 0.05) is 20.1 Å². The first kappa shape index (κ1) is 15.2. The Morgan fingerprint density at radius 2 is 1.76 bits per heavy atom. The van der Waals surface area contributed by atoms with Crippen molar-refractivity contribution < 1.29 is 19.5 Å². The zero-order chi connectivity index (χ0) is 13.4. The molecule has 0 heterocycles. The van der Waals surface area contributed by atoms with Crippen molar-refractivity contribution in [1.82, 2.24) is 15.1 Å². The van der Waals surface area contributed by atoms with E-state index in [0.717, 1.165) is 4.90 Å². The molecule has 98 valence electrons. The van der Waals surface area contributed by atoms with Crippen LogP contribution >= 0.6 is 0 Å². The lowest BCUT2D eigenvalue weighted by Crippen LogP contribution is -2.47. The third-order valence-corrected chi connectivity index (χ3v) is 2.06. The van der Waals surface area contributed by atoms with Crippen LogP contribution in [0.5, 0.6) is 0 Å². The summed E-state index contributed by atoms with van der Waals surface area (Å²) in [6.07, 6.45) is 0. The van der Waals surface area contributed by atoms with Crippen molar-refractivity contribution >= 4 is 17.9 Å². The molecule has 0 aliphatic carbocycles. The molecule has 0 atom stereocenters. The third-order valence-electron chi connectivity index (χ3n) is 2.06. The number of aliphatic carboxylic acids is 1. The van der Waals surface area contributed by atoms with E-state index in [1.54, 1.807) is 13.8 Å². The maximum atomic E-state index is 11.8. The van der Waals surface area contributed by atoms with Gasteiger partial charge in [0.15, 0.2) is 0 Å². The molecule has 0 saturated carbocycles. The Morgan fingerprint density at radius 1 is 1.18 bits per heavy atom. The number of carbonyl (C=O) groups excluding carboxylic acids is 2. The number of carboxylic acid groups (broad SMARTS) is 1. The number of likely N-dealkylation sites (N-methyl/N-ethyl adjacent to an activating group) is 3. The van der Waals surface area contributed by atoms with Crippen LogP contribution in [0.1, 0.15) is 13.8 Å². The molecule has 0 aromatic carbocycles. The van der Waals surface area contributed by atoms with Crippen LogP contribution in [0.4, 0.5) is 4.79 Å². The summed E-state index contributed by atoms with van der Waals surface area (Å²) in [6, 6.07) is -0.471. The van der Waals surface area contributed by atoms with Crippen LogP contribution in [0.15, 0.2) is 0 Å². The zero-order valence-electron chi connectivity index (χ0n) is 10.4. The van der Waals surface area contributed by atoms with E-state index in [9.17, 15) is 14.4 Å². The second kappa shape index (κ2) is 7.48. The van der Waals surface area contributed by atoms with Crippen molar-refractivity contribution in [2.24, 2.45) is 0 Å². The molecule has 0 aliphatic rings. The molecule has 0 bridgehead atoms. The number of amides is 3. The van der Waals surface area contributed by atoms with E-state index in [0.29, 0.717) is 6.54 Å². The maximum Gasteiger partial charge on any atom is 0.323 e. The van der Waals surface area contributed by atoms with E-state index in [4.69, 9.17) is 5.11 Å². The minimum Gasteiger partial charge on any atom is -0.480 e. The lowest BCUT2D eigenvalue weighted by atomic mass is 10.4. The first-order valence-corrected chi connectivity index (χ1v) is 5.40. The Kier molecular flexibility index (Phi) is 6.69. The van der Waals surface area contributed by atoms with Gasteiger partial charge in [-0.1, -0.05) is 0 Å². The van der Waals surface area contributed by atoms with Crippen molar-refractivity contribution in [3.05, 3.63) is 0 Å². The van der Waals surface area contributed by atoms with Crippen molar-refractivity contribution in [1.29, 1.82) is 0 Å². The number of nitrogens with one attached hydrogen (secondary N) is 1. The smallest absolute Gasteiger partial charge is 0.323 e. The fourth-order valence-corrected chi connectivity index (χ4v) is 1.26. The van der Waals surface area contributed by atoms with Gasteiger partial charge in [-0.05, 0) is 13.8 Å². The fraction of sp³-hybridized carbons (Fsp3) is 0.700. The third kappa shape index (κ3) is 5.74. The summed E-state index contributed by atoms with van der Waals surface area (Å²) in [6.45, 7) is 3.79. The highest BCUT2D eigenvalue weighted by atomic mass is 16.4. The quantitative estimate of drug-likeness (QED) is 0.665. The molecule has 0 aliphatic heterocycles. The van der Waals surface area contributed by atoms with Crippen LogP contribution in [0.3, 0.4) is 0 Å². The molecular weight excluding hydrogens is 226 g/mol. The van der Waals surface area contributed by atoms with Gasteiger partial charge < -0.3 is 20.2 Å². The van der Waals surface area contributed by atoms with Gasteiger partial charge >= 0.3 is 12.0 Å². The molecule has 0 radical (unpaired) electrons. The topological polar surface area (TPSA) is 90.0 Å². The normalized spacial score (nSPS) is 9.59. The molecule has 17 heavy (non-hydrogen) atoms. The number of urea groups is 1. The van der Waals surface area contributed by atoms with Crippen LogP contribution in [0.25, 0.3) is 0 Å². The molecule has 0 saturated heterocycles. The summed E-state index contributed by atoms with van der Waals surface area (Å²) in [5.74, 6) is -1.35. The van der Waals surface area contributed by atoms with Gasteiger partial charge in [-0.25, -0.2) is 4.79 Å². The predicted octanol–water partition coefficient (Wildman–Crippen LogP) is -0.419. The largest absolute Gasteiger partial charge is 0.480 e. The van der Waals surface area contributed by atoms with Gasteiger partial charge in [0.1, 0.15) is 13.1 Å². The standard InChI is InChI=1S/C10H19N3O4/c1-4-11-8(14)6-12(3)10(17)13(5-2)7-9(15)16/h4-7H2,1-3H3,(H,11,14)(H,15,16). The van der Waals surface area contributed by atoms with Crippen molar-refractivity contribution in [3.63, 3.8) is 0 Å². The van der Waals surface area contributed by atoms with E-state index in [1.165, 1.54) is 11.9 Å². The van der Waals surface area contributed by atoms with Gasteiger partial charge in [0.25, 0.3) is 0 Å². The first-order chi connectivity index (χ1) is 7.92. The summed E-state index contributed by atoms with van der Waals surface area (Å²) >= 11 is 0. The lowest BCUT2D eigenvalue weighted by molar-refractivity contribution is -0.137. The van der Waals surface area contributed by atoms with Crippen molar-refractivity contribution in [2.45, 2.75) is 13.8 Å². The van der Waals surface area contributed by atoms with Gasteiger partial charge in [-0.2, -0.15) is 0 Å². The predicted molar refractivity (Wildman–Crippen MR) is 61.6 cm³/mol. The van der Waals surface area contributed by atoms with E-state index >= 15 is 0 Å². The van der Waals surface area contributed by atoms with Crippen LogP contribution in [0.2, 0.25) is 0 Å². The second-order valence-electron chi connectivity index (χ2n) is 3.50. The number of nitrogens with zero attached hydrogens (tertiary/aromatic N) is 2. The minimum absolute atomic E-state index is 0.0806. The molecule has 0 aromatic rings. The van der Waals surface area contributed by atoms with Crippen LogP contribution < -0.4 is 5.32 Å². The summed E-state index contributed by atoms with van der Waals surface area (Å²) in [5, 5.41) is 11.2. The zero-order valence-corrected chi connectivity index (χ0v) is 10.4. The van der Waals surface area contributed by atoms with E-state index in [2.05, 4.69) is 5.32 Å². The number of hydrogen-bond donors (Lipinski definition) is 2. The summed E-state index contributed by atoms with van der Waals surface area (Å²) in [4.78, 5) is 35.9. The van der Waals surface area contributed by atoms with Gasteiger partial charge in [0.05, 0.1) is 0 Å². The monoisotopic (exact) mass is 245 g/mol. The SMILES string of the molecule is CCNC(=O)CN(C)C(=O)N(CC)CC(=O)O. The highest BCUT2D eigenvalue weighted by Crippen LogP contribution is 1.96. The van der Waals surface area contributed by atoms with E-state index < -0.39 is 12.0 Å². The molecule has 7 heteroatoms. The van der Waals surface area contributed by atoms with Gasteiger partial charge in [0.2, 0.25) is 5.91 Å². The van der Waals surface area contributed by atoms with Gasteiger partial charge in [-0.15, -0.1) is 0 Å². The Labute approximate surface area is 100 Å². The average molecular weight is 245 g/mol. The summed E-state index contributed by atoms with van der Waals surface area (Å²) < 4.78 is 0. The van der Waals surface area contributed by atoms with E-state index in [-0.39, 0.29) is 25.5 Å². The molecule has 0 fully saturated rings. The van der Waals surface area contributed by atoms with E-state index in [1.807, 2.05) is 0 Å². The molecule has 7 nitrogen and oxygen atoms in total. The first-order valence-electron chi connectivity index (χ1n) is 5.40. The van der Waals surface area contributed by atoms with Crippen LogP contribution in [-0.2, 0) is 9.59 Å². The maximum absolute atomic E-state index is 11.8. The molecule has 0 unspecified atom stereocenters. The minimum atomic E-state index is -1.08.